The third-order valence-corrected chi connectivity index (χ3v) is 2.90. The summed E-state index contributed by atoms with van der Waals surface area (Å²) >= 11 is 0. The lowest BCUT2D eigenvalue weighted by atomic mass is 10.1. The molecule has 0 aliphatic heterocycles. The Bertz CT molecular complexity index is 460. The van der Waals surface area contributed by atoms with Gasteiger partial charge in [0.2, 0.25) is 0 Å². The molecule has 0 amide bonds. The molecule has 0 aliphatic carbocycles. The molecule has 18 heavy (non-hydrogen) atoms. The van der Waals surface area contributed by atoms with Gasteiger partial charge in [0.05, 0.1) is 6.26 Å². The van der Waals surface area contributed by atoms with E-state index in [0.29, 0.717) is 0 Å². The Labute approximate surface area is 108 Å². The van der Waals surface area contributed by atoms with Crippen LogP contribution in [0.1, 0.15) is 31.3 Å². The van der Waals surface area contributed by atoms with Gasteiger partial charge in [-0.15, -0.1) is 0 Å². The molecule has 0 aliphatic rings. The number of hydrogen-bond donors (Lipinski definition) is 1. The number of furan rings is 1. The van der Waals surface area contributed by atoms with Crippen LogP contribution >= 0.6 is 0 Å². The summed E-state index contributed by atoms with van der Waals surface area (Å²) in [4.78, 5) is 0. The van der Waals surface area contributed by atoms with Crippen molar-refractivity contribution in [2.24, 2.45) is 5.73 Å². The van der Waals surface area contributed by atoms with Crippen molar-refractivity contribution in [2.45, 2.75) is 32.4 Å². The minimum Gasteiger partial charge on any atom is -0.481 e. The monoisotopic (exact) mass is 245 g/mol. The van der Waals surface area contributed by atoms with Gasteiger partial charge in [0, 0.05) is 6.04 Å². The normalized spacial score (nSPS) is 14.2. The highest BCUT2D eigenvalue weighted by atomic mass is 16.5. The number of rotatable bonds is 5. The van der Waals surface area contributed by atoms with Gasteiger partial charge in [-0.3, -0.25) is 0 Å². The van der Waals surface area contributed by atoms with Gasteiger partial charge in [0.25, 0.3) is 0 Å². The Kier molecular flexibility index (Phi) is 4.05. The van der Waals surface area contributed by atoms with Crippen molar-refractivity contribution in [1.29, 1.82) is 0 Å². The highest BCUT2D eigenvalue weighted by Crippen LogP contribution is 2.24. The van der Waals surface area contributed by atoms with Gasteiger partial charge < -0.3 is 14.9 Å². The van der Waals surface area contributed by atoms with Gasteiger partial charge in [0.1, 0.15) is 11.5 Å². The van der Waals surface area contributed by atoms with E-state index in [0.717, 1.165) is 17.9 Å². The van der Waals surface area contributed by atoms with Crippen LogP contribution in [0, 0.1) is 0 Å². The van der Waals surface area contributed by atoms with Crippen LogP contribution < -0.4 is 10.5 Å². The van der Waals surface area contributed by atoms with Crippen LogP contribution in [-0.4, -0.2) is 6.04 Å². The van der Waals surface area contributed by atoms with Crippen molar-refractivity contribution in [3.63, 3.8) is 0 Å². The Morgan fingerprint density at radius 1 is 1.22 bits per heavy atom. The summed E-state index contributed by atoms with van der Waals surface area (Å²) in [6, 6.07) is 11.7. The first kappa shape index (κ1) is 12.7. The van der Waals surface area contributed by atoms with E-state index in [4.69, 9.17) is 14.9 Å². The second-order valence-electron chi connectivity index (χ2n) is 4.41. The quantitative estimate of drug-likeness (QED) is 0.879. The molecule has 96 valence electrons. The van der Waals surface area contributed by atoms with Crippen LogP contribution in [0.3, 0.4) is 0 Å². The molecule has 0 saturated carbocycles. The maximum absolute atomic E-state index is 5.95. The van der Waals surface area contributed by atoms with Gasteiger partial charge in [-0.25, -0.2) is 0 Å². The molecule has 0 radical (unpaired) electrons. The van der Waals surface area contributed by atoms with Crippen LogP contribution in [0.15, 0.2) is 47.1 Å². The average Bonchev–Trinajstić information content (AvgIpc) is 2.90. The summed E-state index contributed by atoms with van der Waals surface area (Å²) < 4.78 is 11.3. The Hall–Kier alpha value is -1.74. The molecule has 0 saturated heterocycles. The molecular formula is C15H19NO2. The minimum absolute atomic E-state index is 0.137. The van der Waals surface area contributed by atoms with E-state index < -0.39 is 0 Å². The number of benzene rings is 1. The van der Waals surface area contributed by atoms with Crippen LogP contribution in [0.25, 0.3) is 0 Å². The zero-order chi connectivity index (χ0) is 13.0. The lowest BCUT2D eigenvalue weighted by Gasteiger charge is -2.20. The fourth-order valence-corrected chi connectivity index (χ4v) is 1.83. The summed E-state index contributed by atoms with van der Waals surface area (Å²) in [5.74, 6) is 1.57. The van der Waals surface area contributed by atoms with Gasteiger partial charge in [0.15, 0.2) is 6.10 Å². The summed E-state index contributed by atoms with van der Waals surface area (Å²) in [6.45, 7) is 4.04. The van der Waals surface area contributed by atoms with E-state index in [1.54, 1.807) is 6.26 Å². The first-order chi connectivity index (χ1) is 8.70. The minimum atomic E-state index is -0.257. The maximum Gasteiger partial charge on any atom is 0.171 e. The fourth-order valence-electron chi connectivity index (χ4n) is 1.83. The topological polar surface area (TPSA) is 48.4 Å². The summed E-state index contributed by atoms with van der Waals surface area (Å²) in [5, 5.41) is 0. The molecule has 1 heterocycles. The number of hydrogen-bond acceptors (Lipinski definition) is 3. The molecular weight excluding hydrogens is 226 g/mol. The molecule has 2 atom stereocenters. The van der Waals surface area contributed by atoms with E-state index in [1.165, 1.54) is 5.56 Å². The fraction of sp³-hybridized carbons (Fsp3) is 0.333. The van der Waals surface area contributed by atoms with Crippen molar-refractivity contribution in [1.82, 2.24) is 0 Å². The lowest BCUT2D eigenvalue weighted by Crippen LogP contribution is -2.28. The summed E-state index contributed by atoms with van der Waals surface area (Å²) in [5.41, 5.74) is 7.24. The van der Waals surface area contributed by atoms with Crippen molar-refractivity contribution < 1.29 is 9.15 Å². The second kappa shape index (κ2) is 5.74. The Morgan fingerprint density at radius 3 is 2.44 bits per heavy atom. The molecule has 2 rings (SSSR count). The van der Waals surface area contributed by atoms with Gasteiger partial charge >= 0.3 is 0 Å². The molecule has 1 aromatic heterocycles. The third kappa shape index (κ3) is 2.93. The largest absolute Gasteiger partial charge is 0.481 e. The SMILES string of the molecule is CCc1ccc(OC(c2ccco2)C(C)N)cc1. The predicted octanol–water partition coefficient (Wildman–Crippen LogP) is 3.31. The van der Waals surface area contributed by atoms with Gasteiger partial charge in [-0.05, 0) is 43.2 Å². The van der Waals surface area contributed by atoms with Crippen LogP contribution in [0.5, 0.6) is 5.75 Å². The maximum atomic E-state index is 5.95. The van der Waals surface area contributed by atoms with E-state index in [1.807, 2.05) is 31.2 Å². The number of nitrogens with two attached hydrogens (primary N) is 1. The molecule has 1 aromatic carbocycles. The second-order valence-corrected chi connectivity index (χ2v) is 4.41. The number of aryl methyl sites for hydroxylation is 1. The number of ether oxygens (including phenoxy) is 1. The predicted molar refractivity (Wildman–Crippen MR) is 71.5 cm³/mol. The van der Waals surface area contributed by atoms with Gasteiger partial charge in [-0.1, -0.05) is 19.1 Å². The molecule has 3 heteroatoms. The lowest BCUT2D eigenvalue weighted by molar-refractivity contribution is 0.153. The molecule has 0 fully saturated rings. The highest BCUT2D eigenvalue weighted by molar-refractivity contribution is 5.28. The zero-order valence-corrected chi connectivity index (χ0v) is 10.8. The van der Waals surface area contributed by atoms with Gasteiger partial charge in [-0.2, -0.15) is 0 Å². The zero-order valence-electron chi connectivity index (χ0n) is 10.8. The van der Waals surface area contributed by atoms with E-state index in [9.17, 15) is 0 Å². The third-order valence-electron chi connectivity index (χ3n) is 2.90. The van der Waals surface area contributed by atoms with Crippen molar-refractivity contribution in [3.8, 4) is 5.75 Å². The standard InChI is InChI=1S/C15H19NO2/c1-3-12-6-8-13(9-7-12)18-15(11(2)16)14-5-4-10-17-14/h4-11,15H,3,16H2,1-2H3. The molecule has 0 bridgehead atoms. The summed E-state index contributed by atoms with van der Waals surface area (Å²) in [6.07, 6.45) is 2.40. The smallest absolute Gasteiger partial charge is 0.171 e. The first-order valence-corrected chi connectivity index (χ1v) is 6.25. The first-order valence-electron chi connectivity index (χ1n) is 6.25. The van der Waals surface area contributed by atoms with E-state index >= 15 is 0 Å². The van der Waals surface area contributed by atoms with Crippen molar-refractivity contribution in [3.05, 3.63) is 54.0 Å². The molecule has 2 unspecified atom stereocenters. The molecule has 2 aromatic rings. The molecule has 2 N–H and O–H groups in total. The molecule has 3 nitrogen and oxygen atoms in total. The Balaban J connectivity index is 2.13. The van der Waals surface area contributed by atoms with E-state index in [2.05, 4.69) is 19.1 Å². The summed E-state index contributed by atoms with van der Waals surface area (Å²) in [7, 11) is 0. The van der Waals surface area contributed by atoms with Crippen molar-refractivity contribution >= 4 is 0 Å². The van der Waals surface area contributed by atoms with Crippen molar-refractivity contribution in [2.75, 3.05) is 0 Å². The highest BCUT2D eigenvalue weighted by Gasteiger charge is 2.20. The molecule has 0 spiro atoms. The average molecular weight is 245 g/mol. The van der Waals surface area contributed by atoms with Crippen LogP contribution in [-0.2, 0) is 6.42 Å². The Morgan fingerprint density at radius 2 is 1.94 bits per heavy atom. The van der Waals surface area contributed by atoms with Crippen LogP contribution in [0.4, 0.5) is 0 Å². The van der Waals surface area contributed by atoms with Crippen LogP contribution in [0.2, 0.25) is 0 Å². The van der Waals surface area contributed by atoms with E-state index in [-0.39, 0.29) is 12.1 Å².